The van der Waals surface area contributed by atoms with Crippen LogP contribution in [0, 0.1) is 12.7 Å². The number of nitrogen functional groups attached to an aromatic ring is 1. The number of nitrogens with zero attached hydrogens (tertiary/aromatic N) is 1. The molecule has 1 atom stereocenters. The maximum atomic E-state index is 13.0. The van der Waals surface area contributed by atoms with Crippen LogP contribution in [0.2, 0.25) is 5.02 Å². The van der Waals surface area contributed by atoms with Crippen molar-refractivity contribution in [1.82, 2.24) is 4.98 Å². The molecule has 0 fully saturated rings. The van der Waals surface area contributed by atoms with Crippen molar-refractivity contribution in [3.05, 3.63) is 58.0 Å². The van der Waals surface area contributed by atoms with E-state index in [1.54, 1.807) is 12.3 Å². The van der Waals surface area contributed by atoms with Crippen LogP contribution >= 0.6 is 11.6 Å². The van der Waals surface area contributed by atoms with Crippen molar-refractivity contribution in [2.75, 3.05) is 5.73 Å². The van der Waals surface area contributed by atoms with Gasteiger partial charge >= 0.3 is 0 Å². The van der Waals surface area contributed by atoms with Gasteiger partial charge < -0.3 is 11.5 Å². The highest BCUT2D eigenvalue weighted by atomic mass is 35.5. The highest BCUT2D eigenvalue weighted by Crippen LogP contribution is 2.29. The van der Waals surface area contributed by atoms with E-state index in [-0.39, 0.29) is 5.02 Å². The number of hydrogen-bond donors (Lipinski definition) is 2. The first-order valence-corrected chi connectivity index (χ1v) is 5.79. The molecular formula is C13H13ClFN3. The molecule has 2 rings (SSSR count). The van der Waals surface area contributed by atoms with Crippen LogP contribution in [0.1, 0.15) is 22.7 Å². The summed E-state index contributed by atoms with van der Waals surface area (Å²) < 4.78 is 13.0. The Kier molecular flexibility index (Phi) is 3.50. The summed E-state index contributed by atoms with van der Waals surface area (Å²) in [6, 6.07) is 5.44. The Bertz CT molecular complexity index is 586. The Morgan fingerprint density at radius 1 is 1.28 bits per heavy atom. The topological polar surface area (TPSA) is 64.9 Å². The first-order valence-electron chi connectivity index (χ1n) is 5.41. The fourth-order valence-electron chi connectivity index (χ4n) is 1.77. The van der Waals surface area contributed by atoms with Gasteiger partial charge in [0, 0.05) is 16.8 Å². The summed E-state index contributed by atoms with van der Waals surface area (Å²) in [5.41, 5.74) is 14.2. The normalized spacial score (nSPS) is 12.4. The number of benzene rings is 1. The maximum absolute atomic E-state index is 13.0. The van der Waals surface area contributed by atoms with Gasteiger partial charge in [-0.15, -0.1) is 0 Å². The molecule has 4 N–H and O–H groups in total. The summed E-state index contributed by atoms with van der Waals surface area (Å²) in [7, 11) is 0. The first-order chi connectivity index (χ1) is 8.49. The van der Waals surface area contributed by atoms with E-state index in [1.807, 2.05) is 13.0 Å². The lowest BCUT2D eigenvalue weighted by atomic mass is 9.99. The number of aryl methyl sites for hydroxylation is 1. The van der Waals surface area contributed by atoms with E-state index < -0.39 is 11.9 Å². The Labute approximate surface area is 110 Å². The fraction of sp³-hybridized carbons (Fsp3) is 0.154. The van der Waals surface area contributed by atoms with Gasteiger partial charge in [-0.25, -0.2) is 9.37 Å². The minimum Gasteiger partial charge on any atom is -0.383 e. The summed E-state index contributed by atoms with van der Waals surface area (Å²) in [4.78, 5) is 4.05. The van der Waals surface area contributed by atoms with Gasteiger partial charge in [-0.3, -0.25) is 0 Å². The molecule has 0 saturated carbocycles. The quantitative estimate of drug-likeness (QED) is 0.878. The molecule has 0 radical (unpaired) electrons. The number of hydrogen-bond acceptors (Lipinski definition) is 3. The Morgan fingerprint density at radius 3 is 2.67 bits per heavy atom. The van der Waals surface area contributed by atoms with Crippen LogP contribution in [-0.2, 0) is 0 Å². The summed E-state index contributed by atoms with van der Waals surface area (Å²) in [6.45, 7) is 1.90. The molecule has 1 heterocycles. The lowest BCUT2D eigenvalue weighted by molar-refractivity contribution is 0.626. The third kappa shape index (κ3) is 2.44. The molecule has 94 valence electrons. The zero-order valence-corrected chi connectivity index (χ0v) is 10.6. The number of aromatic nitrogens is 1. The Morgan fingerprint density at radius 2 is 2.00 bits per heavy atom. The van der Waals surface area contributed by atoms with Crippen LogP contribution in [0.4, 0.5) is 10.2 Å². The molecule has 1 unspecified atom stereocenters. The second-order valence-electron chi connectivity index (χ2n) is 4.13. The van der Waals surface area contributed by atoms with Crippen molar-refractivity contribution in [3.63, 3.8) is 0 Å². The van der Waals surface area contributed by atoms with Crippen LogP contribution in [0.15, 0.2) is 30.5 Å². The zero-order valence-electron chi connectivity index (χ0n) is 9.82. The van der Waals surface area contributed by atoms with Crippen molar-refractivity contribution in [2.45, 2.75) is 13.0 Å². The van der Waals surface area contributed by atoms with Crippen LogP contribution < -0.4 is 11.5 Å². The Hall–Kier alpha value is -1.65. The summed E-state index contributed by atoms with van der Waals surface area (Å²) >= 11 is 5.99. The maximum Gasteiger partial charge on any atom is 0.128 e. The molecule has 1 aromatic heterocycles. The second kappa shape index (κ2) is 4.92. The first kappa shape index (κ1) is 12.8. The summed E-state index contributed by atoms with van der Waals surface area (Å²) in [6.07, 6.45) is 1.66. The van der Waals surface area contributed by atoms with Gasteiger partial charge in [-0.2, -0.15) is 0 Å². The average molecular weight is 266 g/mol. The van der Waals surface area contributed by atoms with Crippen molar-refractivity contribution in [2.24, 2.45) is 5.73 Å². The van der Waals surface area contributed by atoms with E-state index >= 15 is 0 Å². The largest absolute Gasteiger partial charge is 0.383 e. The number of anilines is 1. The van der Waals surface area contributed by atoms with Crippen LogP contribution in [0.25, 0.3) is 0 Å². The lowest BCUT2D eigenvalue weighted by Crippen LogP contribution is -2.15. The van der Waals surface area contributed by atoms with Crippen LogP contribution in [-0.4, -0.2) is 4.98 Å². The minimum absolute atomic E-state index is 0.281. The van der Waals surface area contributed by atoms with Gasteiger partial charge in [0.2, 0.25) is 0 Å². The van der Waals surface area contributed by atoms with E-state index in [1.165, 1.54) is 12.1 Å². The predicted octanol–water partition coefficient (Wildman–Crippen LogP) is 2.81. The Balaban J connectivity index is 2.47. The lowest BCUT2D eigenvalue weighted by Gasteiger charge is -2.16. The molecule has 0 aliphatic rings. The molecular weight excluding hydrogens is 253 g/mol. The fourth-order valence-corrected chi connectivity index (χ4v) is 2.06. The highest BCUT2D eigenvalue weighted by Gasteiger charge is 2.16. The van der Waals surface area contributed by atoms with Gasteiger partial charge in [0.15, 0.2) is 0 Å². The van der Waals surface area contributed by atoms with Crippen LogP contribution in [0.3, 0.4) is 0 Å². The molecule has 0 spiro atoms. The van der Waals surface area contributed by atoms with E-state index in [0.717, 1.165) is 5.56 Å². The van der Waals surface area contributed by atoms with E-state index in [9.17, 15) is 4.39 Å². The molecule has 0 bridgehead atoms. The molecule has 18 heavy (non-hydrogen) atoms. The molecule has 1 aromatic carbocycles. The highest BCUT2D eigenvalue weighted by molar-refractivity contribution is 6.31. The van der Waals surface area contributed by atoms with Crippen molar-refractivity contribution in [3.8, 4) is 0 Å². The van der Waals surface area contributed by atoms with Gasteiger partial charge in [0.25, 0.3) is 0 Å². The molecule has 3 nitrogen and oxygen atoms in total. The van der Waals surface area contributed by atoms with Gasteiger partial charge in [0.1, 0.15) is 11.6 Å². The van der Waals surface area contributed by atoms with Gasteiger partial charge in [-0.05, 0) is 36.2 Å². The minimum atomic E-state index is -0.523. The van der Waals surface area contributed by atoms with Crippen molar-refractivity contribution >= 4 is 17.4 Å². The third-order valence-corrected chi connectivity index (χ3v) is 3.05. The predicted molar refractivity (Wildman–Crippen MR) is 70.8 cm³/mol. The van der Waals surface area contributed by atoms with Crippen molar-refractivity contribution < 1.29 is 4.39 Å². The number of pyridine rings is 1. The summed E-state index contributed by atoms with van der Waals surface area (Å²) in [5.74, 6) is -0.0419. The monoisotopic (exact) mass is 265 g/mol. The molecule has 0 aliphatic heterocycles. The van der Waals surface area contributed by atoms with Gasteiger partial charge in [0.05, 0.1) is 6.04 Å². The standard InChI is InChI=1S/C13H13ClFN3/c1-7-4-10(13(17)18-6-7)12(16)9-3-2-8(15)5-11(9)14/h2-6,12H,16H2,1H3,(H2,17,18). The number of halogens is 2. The molecule has 2 aromatic rings. The molecule has 0 saturated heterocycles. The van der Waals surface area contributed by atoms with E-state index in [4.69, 9.17) is 23.1 Å². The SMILES string of the molecule is Cc1cnc(N)c(C(N)c2ccc(F)cc2Cl)c1. The third-order valence-electron chi connectivity index (χ3n) is 2.72. The smallest absolute Gasteiger partial charge is 0.128 e. The molecule has 0 amide bonds. The van der Waals surface area contributed by atoms with Crippen LogP contribution in [0.5, 0.6) is 0 Å². The number of nitrogens with two attached hydrogens (primary N) is 2. The summed E-state index contributed by atoms with van der Waals surface area (Å²) in [5, 5.41) is 0.281. The van der Waals surface area contributed by atoms with Crippen molar-refractivity contribution in [1.29, 1.82) is 0 Å². The van der Waals surface area contributed by atoms with E-state index in [2.05, 4.69) is 4.98 Å². The van der Waals surface area contributed by atoms with Gasteiger partial charge in [-0.1, -0.05) is 17.7 Å². The number of rotatable bonds is 2. The average Bonchev–Trinajstić information content (AvgIpc) is 2.31. The second-order valence-corrected chi connectivity index (χ2v) is 4.54. The molecule has 5 heteroatoms. The molecule has 0 aliphatic carbocycles. The zero-order chi connectivity index (χ0) is 13.3. The van der Waals surface area contributed by atoms with E-state index in [0.29, 0.717) is 16.9 Å².